The highest BCUT2D eigenvalue weighted by atomic mass is 16.7. The average Bonchev–Trinajstić information content (AvgIpc) is 1.41. The van der Waals surface area contributed by atoms with Crippen LogP contribution in [0.15, 0.2) is 60.7 Å². The Balaban J connectivity index is 1.13. The Morgan fingerprint density at radius 2 is 0.699 bits per heavy atom. The van der Waals surface area contributed by atoms with E-state index in [0.29, 0.717) is 170 Å². The standard InChI is InChI=1S/C70H114N2O21/c1-2-3-4-5-6-8-11-14-23-33-70(69(78)92-61-63-27-20-17-21-28-63,34-24-15-12-9-7-10-13-22-29-66(75)91-60-62-25-18-16-19-26-62)68(77)71-35-37-80-39-41-82-43-45-84-47-49-86-51-53-88-55-57-90-59-58-89-56-54-87-52-50-85-48-46-83-44-42-81-40-38-79-36-32-67(76)93-72-64(73)30-31-65(72)74/h16-21,25-28H,2-15,22-24,29-61H2,1H3,(H,71,77). The average molecular weight is 1320 g/mol. The molecule has 1 aliphatic rings. The van der Waals surface area contributed by atoms with Crippen molar-refractivity contribution in [2.75, 3.05) is 165 Å². The van der Waals surface area contributed by atoms with Crippen LogP contribution in [-0.2, 0) is 113 Å². The summed E-state index contributed by atoms with van der Waals surface area (Å²) in [4.78, 5) is 80.3. The lowest BCUT2D eigenvalue weighted by molar-refractivity contribution is -0.198. The molecule has 2 aromatic rings. The summed E-state index contributed by atoms with van der Waals surface area (Å²) in [5.41, 5.74) is 0.572. The summed E-state index contributed by atoms with van der Waals surface area (Å²) in [6, 6.07) is 19.3. The van der Waals surface area contributed by atoms with Crippen molar-refractivity contribution in [3.05, 3.63) is 71.8 Å². The molecule has 1 fully saturated rings. The van der Waals surface area contributed by atoms with E-state index >= 15 is 0 Å². The SMILES string of the molecule is CCCCCCCCCCCC(CCCCCCCCCCC(=O)OCc1ccccc1)(C(=O)NCCOCCOCCOCCOCCOCCOCCOCCOCCOCCOCCOCCOCCC(=O)ON1C(=O)CCC1=O)C(=O)OCc1ccccc1. The van der Waals surface area contributed by atoms with Crippen molar-refractivity contribution in [3.63, 3.8) is 0 Å². The maximum Gasteiger partial charge on any atom is 0.335 e. The maximum atomic E-state index is 14.3. The number of nitrogens with one attached hydrogen (secondary N) is 1. The van der Waals surface area contributed by atoms with Crippen LogP contribution in [0.25, 0.3) is 0 Å². The van der Waals surface area contributed by atoms with Crippen molar-refractivity contribution < 1.29 is 99.9 Å². The van der Waals surface area contributed by atoms with Gasteiger partial charge in [-0.3, -0.25) is 24.0 Å². The zero-order valence-corrected chi connectivity index (χ0v) is 56.1. The Kier molecular flexibility index (Phi) is 52.6. The zero-order chi connectivity index (χ0) is 66.4. The fraction of sp³-hybridized carbons (Fsp3) is 0.743. The van der Waals surface area contributed by atoms with Crippen molar-refractivity contribution in [2.45, 2.75) is 168 Å². The van der Waals surface area contributed by atoms with Gasteiger partial charge in [0.2, 0.25) is 5.91 Å². The number of unbranched alkanes of at least 4 members (excludes halogenated alkanes) is 15. The number of esters is 2. The number of amides is 3. The molecule has 3 amide bonds. The van der Waals surface area contributed by atoms with Gasteiger partial charge in [-0.25, -0.2) is 4.79 Å². The lowest BCUT2D eigenvalue weighted by Gasteiger charge is -2.31. The number of benzene rings is 2. The molecule has 0 aliphatic carbocycles. The molecular formula is C70H114N2O21. The molecule has 3 rings (SSSR count). The highest BCUT2D eigenvalue weighted by Crippen LogP contribution is 2.35. The maximum absolute atomic E-state index is 14.3. The van der Waals surface area contributed by atoms with Crippen molar-refractivity contribution in [1.82, 2.24) is 10.4 Å². The van der Waals surface area contributed by atoms with E-state index in [1.54, 1.807) is 0 Å². The largest absolute Gasteiger partial charge is 0.461 e. The minimum Gasteiger partial charge on any atom is -0.461 e. The monoisotopic (exact) mass is 1320 g/mol. The molecule has 1 unspecified atom stereocenters. The zero-order valence-electron chi connectivity index (χ0n) is 56.1. The first kappa shape index (κ1) is 82.2. The second-order valence-corrected chi connectivity index (χ2v) is 22.6. The van der Waals surface area contributed by atoms with E-state index in [1.165, 1.54) is 32.1 Å². The van der Waals surface area contributed by atoms with Gasteiger partial charge in [0.1, 0.15) is 18.6 Å². The van der Waals surface area contributed by atoms with Gasteiger partial charge in [0.05, 0.1) is 165 Å². The number of nitrogens with zero attached hydrogens (tertiary/aromatic N) is 1. The number of ether oxygens (including phenoxy) is 14. The van der Waals surface area contributed by atoms with Crippen LogP contribution >= 0.6 is 0 Å². The summed E-state index contributed by atoms with van der Waals surface area (Å²) in [6.45, 7) is 12.3. The number of rotatable bonds is 67. The van der Waals surface area contributed by atoms with Crippen LogP contribution in [0.3, 0.4) is 0 Å². The van der Waals surface area contributed by atoms with Crippen molar-refractivity contribution in [3.8, 4) is 0 Å². The van der Waals surface area contributed by atoms with Gasteiger partial charge in [-0.15, -0.1) is 5.06 Å². The molecular weight excluding hydrogens is 1200 g/mol. The second-order valence-electron chi connectivity index (χ2n) is 22.6. The van der Waals surface area contributed by atoms with E-state index in [-0.39, 0.29) is 64.1 Å². The summed E-state index contributed by atoms with van der Waals surface area (Å²) < 4.78 is 78.0. The van der Waals surface area contributed by atoms with Crippen LogP contribution < -0.4 is 5.32 Å². The lowest BCUT2D eigenvalue weighted by atomic mass is 9.76. The first-order chi connectivity index (χ1) is 45.7. The number of hydroxylamine groups is 2. The summed E-state index contributed by atoms with van der Waals surface area (Å²) >= 11 is 0. The first-order valence-electron chi connectivity index (χ1n) is 34.4. The van der Waals surface area contributed by atoms with Gasteiger partial charge in [0.25, 0.3) is 11.8 Å². The quantitative estimate of drug-likeness (QED) is 0.0280. The van der Waals surface area contributed by atoms with Crippen LogP contribution in [0, 0.1) is 5.41 Å². The van der Waals surface area contributed by atoms with Gasteiger partial charge < -0.3 is 76.5 Å². The number of hydrogen-bond donors (Lipinski definition) is 1. The van der Waals surface area contributed by atoms with Crippen LogP contribution in [0.1, 0.15) is 166 Å². The highest BCUT2D eigenvalue weighted by Gasteiger charge is 2.46. The summed E-state index contributed by atoms with van der Waals surface area (Å²) in [5, 5.41) is 3.58. The van der Waals surface area contributed by atoms with Crippen LogP contribution in [0.4, 0.5) is 0 Å². The molecule has 0 spiro atoms. The molecule has 0 bridgehead atoms. The summed E-state index contributed by atoms with van der Waals surface area (Å²) in [6.07, 6.45) is 19.1. The van der Waals surface area contributed by atoms with Crippen molar-refractivity contribution >= 4 is 35.6 Å². The van der Waals surface area contributed by atoms with Gasteiger partial charge in [0, 0.05) is 25.8 Å². The highest BCUT2D eigenvalue weighted by molar-refractivity contribution is 6.03. The Hall–Kier alpha value is -5.02. The van der Waals surface area contributed by atoms with Gasteiger partial charge in [-0.05, 0) is 30.4 Å². The molecule has 1 saturated heterocycles. The van der Waals surface area contributed by atoms with Gasteiger partial charge in [-0.2, -0.15) is 0 Å². The molecule has 530 valence electrons. The van der Waals surface area contributed by atoms with E-state index in [9.17, 15) is 28.8 Å². The molecule has 1 atom stereocenters. The Morgan fingerprint density at radius 1 is 0.376 bits per heavy atom. The van der Waals surface area contributed by atoms with E-state index in [4.69, 9.17) is 71.2 Å². The van der Waals surface area contributed by atoms with Crippen molar-refractivity contribution in [1.29, 1.82) is 0 Å². The topological polar surface area (TPSA) is 256 Å². The molecule has 0 aromatic heterocycles. The van der Waals surface area contributed by atoms with Gasteiger partial charge in [0.15, 0.2) is 0 Å². The molecule has 93 heavy (non-hydrogen) atoms. The smallest absolute Gasteiger partial charge is 0.335 e. The first-order valence-corrected chi connectivity index (χ1v) is 34.4. The molecule has 0 radical (unpaired) electrons. The molecule has 1 aliphatic heterocycles. The predicted octanol–water partition coefficient (Wildman–Crippen LogP) is 9.59. The van der Waals surface area contributed by atoms with Crippen LogP contribution in [0.2, 0.25) is 0 Å². The fourth-order valence-corrected chi connectivity index (χ4v) is 9.70. The van der Waals surface area contributed by atoms with Gasteiger partial charge >= 0.3 is 17.9 Å². The van der Waals surface area contributed by atoms with E-state index in [0.717, 1.165) is 88.2 Å². The fourth-order valence-electron chi connectivity index (χ4n) is 9.70. The predicted molar refractivity (Wildman–Crippen MR) is 348 cm³/mol. The number of imide groups is 1. The Morgan fingerprint density at radius 3 is 1.08 bits per heavy atom. The third-order valence-corrected chi connectivity index (χ3v) is 15.0. The Bertz CT molecular complexity index is 2130. The van der Waals surface area contributed by atoms with Crippen LogP contribution in [0.5, 0.6) is 0 Å². The minimum absolute atomic E-state index is 0.0492. The third kappa shape index (κ3) is 45.1. The van der Waals surface area contributed by atoms with E-state index < -0.39 is 29.2 Å². The molecule has 23 heteroatoms. The third-order valence-electron chi connectivity index (χ3n) is 15.0. The van der Waals surface area contributed by atoms with Gasteiger partial charge in [-0.1, -0.05) is 170 Å². The molecule has 1 N–H and O–H groups in total. The minimum atomic E-state index is -1.30. The normalized spacial score (nSPS) is 13.0. The summed E-state index contributed by atoms with van der Waals surface area (Å²) in [7, 11) is 0. The number of carbonyl (C=O) groups excluding carboxylic acids is 6. The van der Waals surface area contributed by atoms with Crippen molar-refractivity contribution in [2.24, 2.45) is 5.41 Å². The molecule has 0 saturated carbocycles. The molecule has 1 heterocycles. The lowest BCUT2D eigenvalue weighted by Crippen LogP contribution is -2.48. The summed E-state index contributed by atoms with van der Waals surface area (Å²) in [5.74, 6) is -2.65. The number of hydrogen-bond acceptors (Lipinski definition) is 21. The Labute approximate surface area is 554 Å². The molecule has 2 aromatic carbocycles. The van der Waals surface area contributed by atoms with E-state index in [2.05, 4.69) is 12.2 Å². The number of carbonyl (C=O) groups is 6. The second kappa shape index (κ2) is 59.5. The molecule has 23 nitrogen and oxygen atoms in total. The van der Waals surface area contributed by atoms with E-state index in [1.807, 2.05) is 60.7 Å². The van der Waals surface area contributed by atoms with Crippen LogP contribution in [-0.4, -0.2) is 206 Å².